The van der Waals surface area contributed by atoms with Gasteiger partial charge in [-0.25, -0.2) is 4.39 Å². The van der Waals surface area contributed by atoms with Crippen molar-refractivity contribution in [3.05, 3.63) is 59.4 Å². The Kier molecular flexibility index (Phi) is 6.54. The predicted octanol–water partition coefficient (Wildman–Crippen LogP) is 2.50. The molecule has 0 aliphatic carbocycles. The van der Waals surface area contributed by atoms with Crippen LogP contribution in [-0.4, -0.2) is 42.6 Å². The number of carboxylic acids is 1. The smallest absolute Gasteiger partial charge is 0.323 e. The number of hydrogen-bond acceptors (Lipinski definition) is 4. The van der Waals surface area contributed by atoms with Gasteiger partial charge in [0.05, 0.1) is 20.6 Å². The van der Waals surface area contributed by atoms with Gasteiger partial charge in [-0.3, -0.25) is 9.59 Å². The Hall–Kier alpha value is -3.09. The Morgan fingerprint density at radius 2 is 1.62 bits per heavy atom. The molecule has 0 unspecified atom stereocenters. The van der Waals surface area contributed by atoms with Crippen LogP contribution < -0.4 is 9.47 Å². The Morgan fingerprint density at radius 1 is 1.04 bits per heavy atom. The number of nitrogens with zero attached hydrogens (tertiary/aromatic N) is 1. The van der Waals surface area contributed by atoms with Crippen LogP contribution in [0.1, 0.15) is 11.1 Å². The average molecular weight is 361 g/mol. The number of benzene rings is 2. The lowest BCUT2D eigenvalue weighted by molar-refractivity contribution is -0.144. The third kappa shape index (κ3) is 4.95. The minimum absolute atomic E-state index is 0.0584. The summed E-state index contributed by atoms with van der Waals surface area (Å²) in [4.78, 5) is 25.1. The molecule has 6 nitrogen and oxygen atoms in total. The van der Waals surface area contributed by atoms with Gasteiger partial charge in [0, 0.05) is 12.1 Å². The summed E-state index contributed by atoms with van der Waals surface area (Å²) in [7, 11) is 2.96. The van der Waals surface area contributed by atoms with E-state index in [2.05, 4.69) is 0 Å². The van der Waals surface area contributed by atoms with Gasteiger partial charge in [-0.2, -0.15) is 0 Å². The summed E-state index contributed by atoms with van der Waals surface area (Å²) >= 11 is 0. The standard InChI is InChI=1S/C19H20FNO5/c1-25-16-4-3-5-17(26-2)15(16)10-18(22)21(12-19(23)24)11-13-6-8-14(20)9-7-13/h3-9H,10-12H2,1-2H3,(H,23,24). The van der Waals surface area contributed by atoms with Gasteiger partial charge in [-0.05, 0) is 29.8 Å². The van der Waals surface area contributed by atoms with E-state index in [0.717, 1.165) is 0 Å². The van der Waals surface area contributed by atoms with Gasteiger partial charge in [-0.15, -0.1) is 0 Å². The number of methoxy groups -OCH3 is 2. The molecule has 0 aromatic heterocycles. The summed E-state index contributed by atoms with van der Waals surface area (Å²) in [5.41, 5.74) is 1.17. The maximum absolute atomic E-state index is 13.0. The number of carbonyl (C=O) groups excluding carboxylic acids is 1. The second-order valence-electron chi connectivity index (χ2n) is 5.59. The van der Waals surface area contributed by atoms with Crippen molar-refractivity contribution in [1.29, 1.82) is 0 Å². The molecule has 1 amide bonds. The first kappa shape index (κ1) is 19.2. The summed E-state index contributed by atoms with van der Waals surface area (Å²) in [5, 5.41) is 9.12. The fourth-order valence-corrected chi connectivity index (χ4v) is 2.57. The van der Waals surface area contributed by atoms with E-state index in [0.29, 0.717) is 22.6 Å². The molecule has 0 saturated heterocycles. The zero-order valence-corrected chi connectivity index (χ0v) is 14.6. The lowest BCUT2D eigenvalue weighted by Gasteiger charge is -2.22. The molecule has 138 valence electrons. The van der Waals surface area contributed by atoms with E-state index in [1.165, 1.54) is 43.4 Å². The molecule has 0 fully saturated rings. The quantitative estimate of drug-likeness (QED) is 0.782. The van der Waals surface area contributed by atoms with E-state index < -0.39 is 24.2 Å². The minimum Gasteiger partial charge on any atom is -0.496 e. The van der Waals surface area contributed by atoms with Crippen LogP contribution in [0.25, 0.3) is 0 Å². The Balaban J connectivity index is 2.24. The molecule has 7 heteroatoms. The first-order chi connectivity index (χ1) is 12.4. The van der Waals surface area contributed by atoms with Crippen LogP contribution in [0.4, 0.5) is 4.39 Å². The molecule has 26 heavy (non-hydrogen) atoms. The number of rotatable bonds is 8. The maximum atomic E-state index is 13.0. The van der Waals surface area contributed by atoms with Gasteiger partial charge in [0.2, 0.25) is 5.91 Å². The SMILES string of the molecule is COc1cccc(OC)c1CC(=O)N(CC(=O)O)Cc1ccc(F)cc1. The number of hydrogen-bond donors (Lipinski definition) is 1. The van der Waals surface area contributed by atoms with Crippen LogP contribution in [0.3, 0.4) is 0 Å². The number of aliphatic carboxylic acids is 1. The van der Waals surface area contributed by atoms with E-state index in [1.807, 2.05) is 0 Å². The molecule has 1 N–H and O–H groups in total. The first-order valence-corrected chi connectivity index (χ1v) is 7.88. The lowest BCUT2D eigenvalue weighted by atomic mass is 10.1. The minimum atomic E-state index is -1.13. The average Bonchev–Trinajstić information content (AvgIpc) is 2.62. The molecule has 2 aromatic rings. The summed E-state index contributed by atoms with van der Waals surface area (Å²) in [5.74, 6) is -0.972. The summed E-state index contributed by atoms with van der Waals surface area (Å²) in [6.07, 6.45) is -0.0817. The van der Waals surface area contributed by atoms with Crippen LogP contribution in [-0.2, 0) is 22.6 Å². The first-order valence-electron chi connectivity index (χ1n) is 7.88. The van der Waals surface area contributed by atoms with Crippen LogP contribution >= 0.6 is 0 Å². The highest BCUT2D eigenvalue weighted by atomic mass is 19.1. The summed E-state index contributed by atoms with van der Waals surface area (Å²) in [6.45, 7) is -0.406. The van der Waals surface area contributed by atoms with Gasteiger partial charge in [0.25, 0.3) is 0 Å². The number of carboxylic acid groups (broad SMARTS) is 1. The topological polar surface area (TPSA) is 76.1 Å². The number of halogens is 1. The molecule has 0 radical (unpaired) electrons. The second kappa shape index (κ2) is 8.84. The molecule has 0 aliphatic heterocycles. The molecular weight excluding hydrogens is 341 g/mol. The van der Waals surface area contributed by atoms with Gasteiger partial charge < -0.3 is 19.5 Å². The zero-order chi connectivity index (χ0) is 19.1. The van der Waals surface area contributed by atoms with Crippen LogP contribution in [0.2, 0.25) is 0 Å². The van der Waals surface area contributed by atoms with Gasteiger partial charge in [-0.1, -0.05) is 18.2 Å². The van der Waals surface area contributed by atoms with Crippen LogP contribution in [0.5, 0.6) is 11.5 Å². The van der Waals surface area contributed by atoms with Crippen LogP contribution in [0.15, 0.2) is 42.5 Å². The van der Waals surface area contributed by atoms with Crippen molar-refractivity contribution in [2.75, 3.05) is 20.8 Å². The largest absolute Gasteiger partial charge is 0.496 e. The predicted molar refractivity (Wildman–Crippen MR) is 92.7 cm³/mol. The summed E-state index contributed by atoms with van der Waals surface area (Å²) in [6, 6.07) is 10.7. The van der Waals surface area contributed by atoms with Crippen molar-refractivity contribution >= 4 is 11.9 Å². The number of carbonyl (C=O) groups is 2. The fourth-order valence-electron chi connectivity index (χ4n) is 2.57. The van der Waals surface area contributed by atoms with Crippen molar-refractivity contribution in [2.45, 2.75) is 13.0 Å². The highest BCUT2D eigenvalue weighted by Gasteiger charge is 2.21. The maximum Gasteiger partial charge on any atom is 0.323 e. The van der Waals surface area contributed by atoms with Crippen molar-refractivity contribution in [1.82, 2.24) is 4.90 Å². The molecule has 0 bridgehead atoms. The molecule has 2 rings (SSSR count). The highest BCUT2D eigenvalue weighted by molar-refractivity contribution is 5.84. The number of amides is 1. The molecule has 0 spiro atoms. The Morgan fingerprint density at radius 3 is 2.12 bits per heavy atom. The van der Waals surface area contributed by atoms with Crippen LogP contribution in [0, 0.1) is 5.82 Å². The van der Waals surface area contributed by atoms with Crippen molar-refractivity contribution in [3.8, 4) is 11.5 Å². The normalized spacial score (nSPS) is 10.3. The Labute approximate surface area is 150 Å². The van der Waals surface area contributed by atoms with E-state index in [-0.39, 0.29) is 13.0 Å². The molecule has 0 atom stereocenters. The van der Waals surface area contributed by atoms with E-state index in [9.17, 15) is 14.0 Å². The van der Waals surface area contributed by atoms with Crippen molar-refractivity contribution < 1.29 is 28.6 Å². The van der Waals surface area contributed by atoms with Gasteiger partial charge in [0.1, 0.15) is 23.9 Å². The highest BCUT2D eigenvalue weighted by Crippen LogP contribution is 2.29. The van der Waals surface area contributed by atoms with Crippen molar-refractivity contribution in [2.24, 2.45) is 0 Å². The van der Waals surface area contributed by atoms with Gasteiger partial charge in [0.15, 0.2) is 0 Å². The number of ether oxygens (including phenoxy) is 2. The molecule has 0 heterocycles. The van der Waals surface area contributed by atoms with E-state index >= 15 is 0 Å². The van der Waals surface area contributed by atoms with Crippen molar-refractivity contribution in [3.63, 3.8) is 0 Å². The molecular formula is C19H20FNO5. The molecule has 0 saturated carbocycles. The Bertz CT molecular complexity index is 754. The molecule has 0 aliphatic rings. The zero-order valence-electron chi connectivity index (χ0n) is 14.6. The molecule has 2 aromatic carbocycles. The lowest BCUT2D eigenvalue weighted by Crippen LogP contribution is -2.36. The monoisotopic (exact) mass is 361 g/mol. The third-order valence-electron chi connectivity index (χ3n) is 3.82. The second-order valence-corrected chi connectivity index (χ2v) is 5.59. The van der Waals surface area contributed by atoms with E-state index in [4.69, 9.17) is 14.6 Å². The fraction of sp³-hybridized carbons (Fsp3) is 0.263. The third-order valence-corrected chi connectivity index (χ3v) is 3.82. The van der Waals surface area contributed by atoms with Gasteiger partial charge >= 0.3 is 5.97 Å². The summed E-state index contributed by atoms with van der Waals surface area (Å²) < 4.78 is 23.6. The van der Waals surface area contributed by atoms with E-state index in [1.54, 1.807) is 18.2 Å².